The molecule has 0 saturated heterocycles. The minimum atomic E-state index is -0.153. The highest BCUT2D eigenvalue weighted by molar-refractivity contribution is 8.00. The summed E-state index contributed by atoms with van der Waals surface area (Å²) < 4.78 is 17.8. The van der Waals surface area contributed by atoms with Gasteiger partial charge in [0.05, 0.1) is 32.8 Å². The second-order valence-electron chi connectivity index (χ2n) is 8.09. The Morgan fingerprint density at radius 3 is 2.35 bits per heavy atom. The van der Waals surface area contributed by atoms with Crippen LogP contribution in [0.3, 0.4) is 0 Å². The van der Waals surface area contributed by atoms with Gasteiger partial charge in [-0.25, -0.2) is 0 Å². The summed E-state index contributed by atoms with van der Waals surface area (Å²) >= 11 is 1.46. The van der Waals surface area contributed by atoms with Crippen molar-refractivity contribution in [3.63, 3.8) is 0 Å². The fourth-order valence-corrected chi connectivity index (χ4v) is 4.78. The molecule has 0 radical (unpaired) electrons. The van der Waals surface area contributed by atoms with Crippen molar-refractivity contribution in [3.05, 3.63) is 78.5 Å². The third-order valence-electron chi connectivity index (χ3n) is 5.78. The van der Waals surface area contributed by atoms with Crippen LogP contribution in [0.2, 0.25) is 0 Å². The van der Waals surface area contributed by atoms with E-state index in [9.17, 15) is 9.59 Å². The Morgan fingerprint density at radius 1 is 0.892 bits per heavy atom. The van der Waals surface area contributed by atoms with Crippen molar-refractivity contribution in [1.82, 2.24) is 9.88 Å². The number of benzene rings is 3. The van der Waals surface area contributed by atoms with Crippen molar-refractivity contribution < 1.29 is 23.8 Å². The van der Waals surface area contributed by atoms with Crippen LogP contribution < -0.4 is 24.8 Å². The van der Waals surface area contributed by atoms with Gasteiger partial charge in [0.1, 0.15) is 17.2 Å². The van der Waals surface area contributed by atoms with Gasteiger partial charge in [-0.3, -0.25) is 9.59 Å². The summed E-state index contributed by atoms with van der Waals surface area (Å²) in [7, 11) is 4.72. The summed E-state index contributed by atoms with van der Waals surface area (Å²) in [6, 6.07) is 20.3. The number of para-hydroxylation sites is 1. The lowest BCUT2D eigenvalue weighted by Gasteiger charge is -2.11. The molecule has 4 rings (SSSR count). The molecule has 0 bridgehead atoms. The summed E-state index contributed by atoms with van der Waals surface area (Å²) in [5, 5.41) is 6.92. The van der Waals surface area contributed by atoms with Gasteiger partial charge in [0.15, 0.2) is 0 Å². The number of ether oxygens (including phenoxy) is 3. The highest BCUT2D eigenvalue weighted by Crippen LogP contribution is 2.32. The van der Waals surface area contributed by atoms with Crippen LogP contribution in [0.15, 0.2) is 77.8 Å². The van der Waals surface area contributed by atoms with E-state index in [1.807, 2.05) is 30.5 Å². The fourth-order valence-electron chi connectivity index (χ4n) is 3.89. The average molecular weight is 520 g/mol. The molecule has 2 amide bonds. The average Bonchev–Trinajstić information content (AvgIpc) is 3.29. The van der Waals surface area contributed by atoms with Gasteiger partial charge in [-0.1, -0.05) is 18.2 Å². The summed E-state index contributed by atoms with van der Waals surface area (Å²) in [6.45, 7) is 1.06. The van der Waals surface area contributed by atoms with E-state index in [2.05, 4.69) is 15.2 Å². The van der Waals surface area contributed by atoms with Crippen LogP contribution in [-0.2, 0) is 11.3 Å². The largest absolute Gasteiger partial charge is 0.497 e. The van der Waals surface area contributed by atoms with Crippen molar-refractivity contribution in [2.24, 2.45) is 0 Å². The van der Waals surface area contributed by atoms with Gasteiger partial charge < -0.3 is 29.4 Å². The number of rotatable bonds is 11. The molecule has 192 valence electrons. The first-order chi connectivity index (χ1) is 18.0. The minimum absolute atomic E-state index is 0.140. The Balaban J connectivity index is 1.38. The van der Waals surface area contributed by atoms with Crippen LogP contribution in [0.4, 0.5) is 5.69 Å². The molecule has 0 aliphatic rings. The molecular formula is C28H29N3O5S. The molecule has 4 aromatic rings. The number of hydrogen-bond donors (Lipinski definition) is 2. The SMILES string of the molecule is COc1ccc(C(=O)NCCn2cc(SCC(=O)Nc3cc(OC)ccc3OC)c3ccccc32)cc1. The summed E-state index contributed by atoms with van der Waals surface area (Å²) in [5.74, 6) is 1.83. The van der Waals surface area contributed by atoms with Crippen LogP contribution in [-0.4, -0.2) is 50.0 Å². The summed E-state index contributed by atoms with van der Waals surface area (Å²) in [4.78, 5) is 26.2. The quantitative estimate of drug-likeness (QED) is 0.276. The molecule has 2 N–H and O–H groups in total. The molecule has 1 heterocycles. The number of anilines is 1. The van der Waals surface area contributed by atoms with Gasteiger partial charge in [0.2, 0.25) is 5.91 Å². The predicted molar refractivity (Wildman–Crippen MR) is 146 cm³/mol. The molecule has 0 spiro atoms. The molecule has 37 heavy (non-hydrogen) atoms. The number of aromatic nitrogens is 1. The molecule has 3 aromatic carbocycles. The van der Waals surface area contributed by atoms with Gasteiger partial charge in [-0.15, -0.1) is 11.8 Å². The van der Waals surface area contributed by atoms with Crippen LogP contribution >= 0.6 is 11.8 Å². The molecular weight excluding hydrogens is 490 g/mol. The summed E-state index contributed by atoms with van der Waals surface area (Å²) in [6.07, 6.45) is 2.02. The van der Waals surface area contributed by atoms with Crippen molar-refractivity contribution in [1.29, 1.82) is 0 Å². The smallest absolute Gasteiger partial charge is 0.251 e. The Labute approximate surface area is 219 Å². The Hall–Kier alpha value is -4.11. The lowest BCUT2D eigenvalue weighted by Crippen LogP contribution is -2.27. The number of thioether (sulfide) groups is 1. The second kappa shape index (κ2) is 12.2. The van der Waals surface area contributed by atoms with Crippen molar-refractivity contribution >= 4 is 40.2 Å². The standard InChI is InChI=1S/C28H29N3O5S/c1-34-20-10-8-19(9-11-20)28(33)29-14-15-31-17-26(22-6-4-5-7-24(22)31)37-18-27(32)30-23-16-21(35-2)12-13-25(23)36-3/h4-13,16-17H,14-15,18H2,1-3H3,(H,29,33)(H,30,32). The third-order valence-corrected chi connectivity index (χ3v) is 6.82. The highest BCUT2D eigenvalue weighted by atomic mass is 32.2. The van der Waals surface area contributed by atoms with Crippen molar-refractivity contribution in [3.8, 4) is 17.2 Å². The topological polar surface area (TPSA) is 90.8 Å². The Morgan fingerprint density at radius 2 is 1.62 bits per heavy atom. The van der Waals surface area contributed by atoms with E-state index < -0.39 is 0 Å². The maximum Gasteiger partial charge on any atom is 0.251 e. The number of carbonyl (C=O) groups excluding carboxylic acids is 2. The highest BCUT2D eigenvalue weighted by Gasteiger charge is 2.13. The van der Waals surface area contributed by atoms with E-state index in [1.165, 1.54) is 11.8 Å². The maximum atomic E-state index is 12.7. The number of amides is 2. The van der Waals surface area contributed by atoms with E-state index in [-0.39, 0.29) is 17.6 Å². The van der Waals surface area contributed by atoms with E-state index in [0.717, 1.165) is 15.8 Å². The molecule has 0 aliphatic carbocycles. The van der Waals surface area contributed by atoms with Crippen LogP contribution in [0, 0.1) is 0 Å². The third kappa shape index (κ3) is 6.37. The maximum absolute atomic E-state index is 12.7. The fraction of sp³-hybridized carbons (Fsp3) is 0.214. The van der Waals surface area contributed by atoms with E-state index in [0.29, 0.717) is 41.6 Å². The van der Waals surface area contributed by atoms with Crippen molar-refractivity contribution in [2.45, 2.75) is 11.4 Å². The van der Waals surface area contributed by atoms with E-state index >= 15 is 0 Å². The Bertz CT molecular complexity index is 1380. The predicted octanol–water partition coefficient (Wildman–Crippen LogP) is 4.83. The van der Waals surface area contributed by atoms with E-state index in [1.54, 1.807) is 63.8 Å². The van der Waals surface area contributed by atoms with Gasteiger partial charge in [0.25, 0.3) is 5.91 Å². The Kier molecular flexibility index (Phi) is 8.58. The molecule has 0 unspecified atom stereocenters. The molecule has 0 aliphatic heterocycles. The zero-order valence-electron chi connectivity index (χ0n) is 20.9. The van der Waals surface area contributed by atoms with Crippen LogP contribution in [0.5, 0.6) is 17.2 Å². The van der Waals surface area contributed by atoms with E-state index in [4.69, 9.17) is 14.2 Å². The lowest BCUT2D eigenvalue weighted by molar-refractivity contribution is -0.113. The van der Waals surface area contributed by atoms with Crippen LogP contribution in [0.1, 0.15) is 10.4 Å². The molecule has 1 aromatic heterocycles. The lowest BCUT2D eigenvalue weighted by atomic mass is 10.2. The number of nitrogens with one attached hydrogen (secondary N) is 2. The number of nitrogens with zero attached hydrogens (tertiary/aromatic N) is 1. The van der Waals surface area contributed by atoms with Crippen molar-refractivity contribution in [2.75, 3.05) is 38.9 Å². The first kappa shape index (κ1) is 26.0. The molecule has 9 heteroatoms. The number of methoxy groups -OCH3 is 3. The van der Waals surface area contributed by atoms with Gasteiger partial charge in [-0.05, 0) is 42.5 Å². The number of fused-ring (bicyclic) bond motifs is 1. The van der Waals surface area contributed by atoms with Gasteiger partial charge >= 0.3 is 0 Å². The number of hydrogen-bond acceptors (Lipinski definition) is 6. The second-order valence-corrected chi connectivity index (χ2v) is 9.11. The molecule has 0 fully saturated rings. The summed E-state index contributed by atoms with van der Waals surface area (Å²) in [5.41, 5.74) is 2.18. The molecule has 8 nitrogen and oxygen atoms in total. The first-order valence-electron chi connectivity index (χ1n) is 11.7. The van der Waals surface area contributed by atoms with Gasteiger partial charge in [-0.2, -0.15) is 0 Å². The van der Waals surface area contributed by atoms with Gasteiger partial charge in [0, 0.05) is 46.7 Å². The zero-order chi connectivity index (χ0) is 26.2. The first-order valence-corrected chi connectivity index (χ1v) is 12.7. The normalized spacial score (nSPS) is 10.7. The molecule has 0 saturated carbocycles. The zero-order valence-corrected chi connectivity index (χ0v) is 21.8. The minimum Gasteiger partial charge on any atom is -0.497 e. The molecule has 0 atom stereocenters. The van der Waals surface area contributed by atoms with Crippen LogP contribution in [0.25, 0.3) is 10.9 Å². The monoisotopic (exact) mass is 519 g/mol. The number of carbonyl (C=O) groups is 2.